The molecule has 0 bridgehead atoms. The van der Waals surface area contributed by atoms with Crippen LogP contribution in [0.5, 0.6) is 0 Å². The fraction of sp³-hybridized carbons (Fsp3) is 0.208. The minimum Gasteiger partial charge on any atom is -0.352 e. The maximum Gasteiger partial charge on any atom is 0.238 e. The Balaban J connectivity index is 1.56. The maximum atomic E-state index is 13.1. The zero-order valence-corrected chi connectivity index (χ0v) is 18.2. The highest BCUT2D eigenvalue weighted by Crippen LogP contribution is 2.43. The Kier molecular flexibility index (Phi) is 5.27. The van der Waals surface area contributed by atoms with E-state index in [0.29, 0.717) is 6.04 Å². The van der Waals surface area contributed by atoms with Gasteiger partial charge in [0.25, 0.3) is 0 Å². The molecule has 2 aromatic heterocycles. The summed E-state index contributed by atoms with van der Waals surface area (Å²) >= 11 is 3.12. The number of nitrogens with zero attached hydrogens (tertiary/aromatic N) is 2. The van der Waals surface area contributed by atoms with Crippen molar-refractivity contribution in [2.24, 2.45) is 0 Å². The minimum atomic E-state index is -0.351. The molecule has 0 unspecified atom stereocenters. The Bertz CT molecular complexity index is 1180. The highest BCUT2D eigenvalue weighted by molar-refractivity contribution is 8.00. The second-order valence-corrected chi connectivity index (χ2v) is 9.52. The van der Waals surface area contributed by atoms with Crippen molar-refractivity contribution in [2.75, 3.05) is 0 Å². The number of aromatic nitrogens is 2. The molecule has 0 aliphatic heterocycles. The van der Waals surface area contributed by atoms with Gasteiger partial charge in [0.15, 0.2) is 0 Å². The van der Waals surface area contributed by atoms with E-state index >= 15 is 0 Å². The molecule has 1 amide bonds. The van der Waals surface area contributed by atoms with E-state index in [-0.39, 0.29) is 11.2 Å². The van der Waals surface area contributed by atoms with Crippen LogP contribution in [0.4, 0.5) is 0 Å². The summed E-state index contributed by atoms with van der Waals surface area (Å²) < 4.78 is 0. The van der Waals surface area contributed by atoms with Crippen LogP contribution >= 0.6 is 23.1 Å². The van der Waals surface area contributed by atoms with Crippen molar-refractivity contribution in [3.63, 3.8) is 0 Å². The van der Waals surface area contributed by atoms with Gasteiger partial charge in [-0.05, 0) is 30.9 Å². The number of thioether (sulfide) groups is 1. The van der Waals surface area contributed by atoms with Gasteiger partial charge in [-0.15, -0.1) is 11.3 Å². The van der Waals surface area contributed by atoms with Gasteiger partial charge in [-0.2, -0.15) is 0 Å². The summed E-state index contributed by atoms with van der Waals surface area (Å²) in [7, 11) is 0. The summed E-state index contributed by atoms with van der Waals surface area (Å²) in [6, 6.07) is 18.8. The van der Waals surface area contributed by atoms with Gasteiger partial charge < -0.3 is 5.32 Å². The Morgan fingerprint density at radius 3 is 2.60 bits per heavy atom. The lowest BCUT2D eigenvalue weighted by atomic mass is 10.1. The number of rotatable bonds is 6. The van der Waals surface area contributed by atoms with Crippen molar-refractivity contribution in [1.82, 2.24) is 15.3 Å². The molecule has 30 heavy (non-hydrogen) atoms. The number of thiophene rings is 1. The monoisotopic (exact) mass is 431 g/mol. The molecule has 0 spiro atoms. The normalized spacial score (nSPS) is 14.6. The molecule has 4 nitrogen and oxygen atoms in total. The van der Waals surface area contributed by atoms with Gasteiger partial charge >= 0.3 is 0 Å². The second kappa shape index (κ2) is 8.20. The largest absolute Gasteiger partial charge is 0.352 e. The second-order valence-electron chi connectivity index (χ2n) is 7.57. The van der Waals surface area contributed by atoms with Crippen molar-refractivity contribution in [3.8, 4) is 11.1 Å². The van der Waals surface area contributed by atoms with E-state index in [0.717, 1.165) is 44.8 Å². The van der Waals surface area contributed by atoms with E-state index in [1.807, 2.05) is 30.3 Å². The molecule has 1 N–H and O–H groups in total. The molecule has 150 valence electrons. The number of carbonyl (C=O) groups excluding carboxylic acids is 1. The molecule has 1 atom stereocenters. The Morgan fingerprint density at radius 2 is 1.87 bits per heavy atom. The fourth-order valence-electron chi connectivity index (χ4n) is 3.40. The van der Waals surface area contributed by atoms with Crippen molar-refractivity contribution < 1.29 is 4.79 Å². The predicted molar refractivity (Wildman–Crippen MR) is 124 cm³/mol. The molecule has 0 radical (unpaired) electrons. The van der Waals surface area contributed by atoms with Crippen molar-refractivity contribution in [3.05, 3.63) is 77.4 Å². The number of fused-ring (bicyclic) bond motifs is 1. The first-order chi connectivity index (χ1) is 14.7. The first-order valence-electron chi connectivity index (χ1n) is 10.0. The third-order valence-electron chi connectivity index (χ3n) is 5.19. The maximum absolute atomic E-state index is 13.1. The first-order valence-corrected chi connectivity index (χ1v) is 11.8. The topological polar surface area (TPSA) is 54.9 Å². The molecular weight excluding hydrogens is 410 g/mol. The van der Waals surface area contributed by atoms with Crippen LogP contribution in [0.1, 0.15) is 29.2 Å². The summed E-state index contributed by atoms with van der Waals surface area (Å²) in [5.74, 6) is 0.0487. The number of carbonyl (C=O) groups is 1. The van der Waals surface area contributed by atoms with E-state index in [9.17, 15) is 4.79 Å². The number of amides is 1. The van der Waals surface area contributed by atoms with Crippen LogP contribution in [-0.2, 0) is 4.79 Å². The van der Waals surface area contributed by atoms with Crippen LogP contribution in [0.25, 0.3) is 21.3 Å². The summed E-state index contributed by atoms with van der Waals surface area (Å²) in [6.45, 7) is 2.09. The fourth-order valence-corrected chi connectivity index (χ4v) is 5.50. The summed E-state index contributed by atoms with van der Waals surface area (Å²) in [5.41, 5.74) is 4.47. The zero-order valence-electron chi connectivity index (χ0n) is 16.5. The van der Waals surface area contributed by atoms with E-state index in [1.165, 1.54) is 17.3 Å². The number of benzene rings is 2. The predicted octanol–water partition coefficient (Wildman–Crippen LogP) is 5.78. The van der Waals surface area contributed by atoms with Crippen LogP contribution in [0.3, 0.4) is 0 Å². The smallest absolute Gasteiger partial charge is 0.238 e. The Labute approximate surface area is 183 Å². The van der Waals surface area contributed by atoms with Crippen LogP contribution in [0.15, 0.2) is 71.3 Å². The molecule has 1 aliphatic rings. The van der Waals surface area contributed by atoms with Crippen LogP contribution < -0.4 is 5.32 Å². The highest BCUT2D eigenvalue weighted by Gasteiger charge is 2.30. The molecule has 1 aliphatic carbocycles. The number of hydrogen-bond donors (Lipinski definition) is 1. The third-order valence-corrected chi connectivity index (χ3v) is 7.33. The summed E-state index contributed by atoms with van der Waals surface area (Å²) in [6.07, 6.45) is 3.73. The quantitative estimate of drug-likeness (QED) is 0.311. The van der Waals surface area contributed by atoms with Crippen molar-refractivity contribution >= 4 is 39.2 Å². The molecular formula is C24H21N3OS2. The molecule has 0 saturated heterocycles. The number of hydrogen-bond acceptors (Lipinski definition) is 5. The lowest BCUT2D eigenvalue weighted by molar-refractivity contribution is -0.120. The average Bonchev–Trinajstić information content (AvgIpc) is 3.48. The minimum absolute atomic E-state index is 0.0487. The van der Waals surface area contributed by atoms with Gasteiger partial charge in [-0.3, -0.25) is 4.79 Å². The molecule has 1 saturated carbocycles. The Morgan fingerprint density at radius 1 is 1.10 bits per heavy atom. The summed E-state index contributed by atoms with van der Waals surface area (Å²) in [5, 5.41) is 6.82. The molecule has 4 aromatic rings. The highest BCUT2D eigenvalue weighted by atomic mass is 32.2. The first kappa shape index (κ1) is 19.3. The number of aryl methyl sites for hydroxylation is 1. The van der Waals surface area contributed by atoms with E-state index in [2.05, 4.69) is 51.9 Å². The van der Waals surface area contributed by atoms with Gasteiger partial charge in [0.05, 0.1) is 5.39 Å². The van der Waals surface area contributed by atoms with Crippen LogP contribution in [-0.4, -0.2) is 21.9 Å². The van der Waals surface area contributed by atoms with Gasteiger partial charge in [0.1, 0.15) is 21.4 Å². The van der Waals surface area contributed by atoms with Crippen LogP contribution in [0.2, 0.25) is 0 Å². The lowest BCUT2D eigenvalue weighted by Crippen LogP contribution is -2.29. The molecule has 1 fully saturated rings. The Hall–Kier alpha value is -2.70. The zero-order chi connectivity index (χ0) is 20.5. The van der Waals surface area contributed by atoms with Crippen molar-refractivity contribution in [2.45, 2.75) is 36.1 Å². The number of nitrogens with one attached hydrogen (secondary N) is 1. The molecule has 2 aromatic carbocycles. The molecule has 5 rings (SSSR count). The summed E-state index contributed by atoms with van der Waals surface area (Å²) in [4.78, 5) is 23.1. The van der Waals surface area contributed by atoms with Gasteiger partial charge in [-0.25, -0.2) is 9.97 Å². The van der Waals surface area contributed by atoms with Crippen molar-refractivity contribution in [1.29, 1.82) is 0 Å². The van der Waals surface area contributed by atoms with E-state index in [1.54, 1.807) is 17.7 Å². The van der Waals surface area contributed by atoms with E-state index in [4.69, 9.17) is 0 Å². The SMILES string of the molecule is Cc1ccc(-c2csc3ncnc(S[C@H](C(=O)NC4CC4)c4ccccc4)c23)cc1. The van der Waals surface area contributed by atoms with Gasteiger partial charge in [0, 0.05) is 17.0 Å². The third kappa shape index (κ3) is 3.98. The lowest BCUT2D eigenvalue weighted by Gasteiger charge is -2.17. The standard InChI is InChI=1S/C24H21N3OS2/c1-15-7-9-16(10-8-15)19-13-29-23-20(19)24(26-14-25-23)30-21(17-5-3-2-4-6-17)22(28)27-18-11-12-18/h2-10,13-14,18,21H,11-12H2,1H3,(H,27,28)/t21-/m0/s1. The molecule has 6 heteroatoms. The van der Waals surface area contributed by atoms with Gasteiger partial charge in [0.2, 0.25) is 5.91 Å². The average molecular weight is 432 g/mol. The van der Waals surface area contributed by atoms with Gasteiger partial charge in [-0.1, -0.05) is 71.9 Å². The molecule has 2 heterocycles. The van der Waals surface area contributed by atoms with Crippen LogP contribution in [0, 0.1) is 6.92 Å². The van der Waals surface area contributed by atoms with E-state index < -0.39 is 0 Å².